The Morgan fingerprint density at radius 3 is 2.76 bits per heavy atom. The third-order valence-electron chi connectivity index (χ3n) is 3.81. The predicted octanol–water partition coefficient (Wildman–Crippen LogP) is 5.05. The number of anilines is 1. The first kappa shape index (κ1) is 17.6. The average Bonchev–Trinajstić information content (AvgIpc) is 3.15. The number of hydrogen-bond acceptors (Lipinski definition) is 5. The Labute approximate surface area is 155 Å². The standard InChI is InChI=1S/C19H19N3OS2/c1-4-13-7-5-8-14(11-13)21-18(23)16-12(2)20-17(22-19(16)24-3)15-9-6-10-25-15/h5-11H,4H2,1-3H3,(H,21,23). The topological polar surface area (TPSA) is 54.9 Å². The summed E-state index contributed by atoms with van der Waals surface area (Å²) in [6, 6.07) is 11.8. The maximum absolute atomic E-state index is 12.8. The van der Waals surface area contributed by atoms with Crippen molar-refractivity contribution in [3.63, 3.8) is 0 Å². The summed E-state index contributed by atoms with van der Waals surface area (Å²) >= 11 is 3.05. The van der Waals surface area contributed by atoms with E-state index in [4.69, 9.17) is 0 Å². The lowest BCUT2D eigenvalue weighted by atomic mass is 10.1. The molecule has 0 saturated heterocycles. The van der Waals surface area contributed by atoms with E-state index in [1.54, 1.807) is 11.3 Å². The van der Waals surface area contributed by atoms with E-state index >= 15 is 0 Å². The van der Waals surface area contributed by atoms with E-state index in [1.807, 2.05) is 55.0 Å². The van der Waals surface area contributed by atoms with E-state index in [0.29, 0.717) is 22.1 Å². The van der Waals surface area contributed by atoms with Gasteiger partial charge in [-0.3, -0.25) is 4.79 Å². The molecule has 3 rings (SSSR count). The first-order valence-corrected chi connectivity index (χ1v) is 10.1. The summed E-state index contributed by atoms with van der Waals surface area (Å²) in [4.78, 5) is 22.9. The number of thioether (sulfide) groups is 1. The Balaban J connectivity index is 1.94. The van der Waals surface area contributed by atoms with E-state index in [-0.39, 0.29) is 5.91 Å². The van der Waals surface area contributed by atoms with Crippen LogP contribution in [0.15, 0.2) is 46.8 Å². The van der Waals surface area contributed by atoms with Gasteiger partial charge in [-0.05, 0) is 48.7 Å². The van der Waals surface area contributed by atoms with Crippen molar-refractivity contribution in [1.29, 1.82) is 0 Å². The molecule has 6 heteroatoms. The summed E-state index contributed by atoms with van der Waals surface area (Å²) in [7, 11) is 0. The molecule has 1 amide bonds. The van der Waals surface area contributed by atoms with Crippen LogP contribution in [0.2, 0.25) is 0 Å². The van der Waals surface area contributed by atoms with Crippen LogP contribution in [0.3, 0.4) is 0 Å². The largest absolute Gasteiger partial charge is 0.322 e. The molecule has 2 heterocycles. The Hall–Kier alpha value is -2.18. The molecule has 0 bridgehead atoms. The van der Waals surface area contributed by atoms with Crippen LogP contribution in [0.5, 0.6) is 0 Å². The quantitative estimate of drug-likeness (QED) is 0.505. The molecule has 4 nitrogen and oxygen atoms in total. The van der Waals surface area contributed by atoms with Crippen LogP contribution in [0, 0.1) is 6.92 Å². The van der Waals surface area contributed by atoms with Crippen LogP contribution < -0.4 is 5.32 Å². The van der Waals surface area contributed by atoms with Gasteiger partial charge in [0.2, 0.25) is 0 Å². The molecule has 0 spiro atoms. The third-order valence-corrected chi connectivity index (χ3v) is 5.36. The van der Waals surface area contributed by atoms with Crippen LogP contribution in [0.1, 0.15) is 28.5 Å². The Morgan fingerprint density at radius 2 is 2.08 bits per heavy atom. The van der Waals surface area contributed by atoms with Crippen LogP contribution >= 0.6 is 23.1 Å². The molecule has 25 heavy (non-hydrogen) atoms. The molecule has 0 saturated carbocycles. The van der Waals surface area contributed by atoms with Crippen LogP contribution in [-0.4, -0.2) is 22.1 Å². The molecular weight excluding hydrogens is 350 g/mol. The summed E-state index contributed by atoms with van der Waals surface area (Å²) in [5.74, 6) is 0.495. The van der Waals surface area contributed by atoms with E-state index in [9.17, 15) is 4.79 Å². The van der Waals surface area contributed by atoms with Gasteiger partial charge in [0.25, 0.3) is 5.91 Å². The summed E-state index contributed by atoms with van der Waals surface area (Å²) in [6.07, 6.45) is 2.85. The Morgan fingerprint density at radius 1 is 1.24 bits per heavy atom. The van der Waals surface area contributed by atoms with Crippen molar-refractivity contribution in [2.24, 2.45) is 0 Å². The lowest BCUT2D eigenvalue weighted by molar-refractivity contribution is 0.102. The number of thiophene rings is 1. The lowest BCUT2D eigenvalue weighted by Gasteiger charge is -2.12. The second-order valence-corrected chi connectivity index (χ2v) is 7.24. The fraction of sp³-hybridized carbons (Fsp3) is 0.211. The monoisotopic (exact) mass is 369 g/mol. The number of nitrogens with one attached hydrogen (secondary N) is 1. The molecule has 0 aliphatic rings. The van der Waals surface area contributed by atoms with Crippen molar-refractivity contribution in [1.82, 2.24) is 9.97 Å². The minimum atomic E-state index is -0.173. The maximum Gasteiger partial charge on any atom is 0.260 e. The van der Waals surface area contributed by atoms with Crippen molar-refractivity contribution < 1.29 is 4.79 Å². The summed E-state index contributed by atoms with van der Waals surface area (Å²) in [6.45, 7) is 3.95. The summed E-state index contributed by atoms with van der Waals surface area (Å²) in [5, 5.41) is 5.66. The summed E-state index contributed by atoms with van der Waals surface area (Å²) in [5.41, 5.74) is 3.20. The number of aromatic nitrogens is 2. The van der Waals surface area contributed by atoms with Crippen molar-refractivity contribution in [3.8, 4) is 10.7 Å². The molecule has 0 radical (unpaired) electrons. The van der Waals surface area contributed by atoms with Crippen LogP contribution in [-0.2, 0) is 6.42 Å². The van der Waals surface area contributed by atoms with Crippen molar-refractivity contribution >= 4 is 34.7 Å². The highest BCUT2D eigenvalue weighted by Gasteiger charge is 2.19. The zero-order chi connectivity index (χ0) is 17.8. The van der Waals surface area contributed by atoms with Gasteiger partial charge in [0.1, 0.15) is 5.03 Å². The molecule has 0 aliphatic heterocycles. The van der Waals surface area contributed by atoms with Crippen molar-refractivity contribution in [2.45, 2.75) is 25.3 Å². The normalized spacial score (nSPS) is 10.7. The molecule has 2 aromatic heterocycles. The highest BCUT2D eigenvalue weighted by atomic mass is 32.2. The molecule has 0 aliphatic carbocycles. The molecule has 3 aromatic rings. The second-order valence-electron chi connectivity index (χ2n) is 5.50. The number of carbonyl (C=O) groups is 1. The second kappa shape index (κ2) is 7.80. The molecule has 0 fully saturated rings. The number of hydrogen-bond donors (Lipinski definition) is 1. The van der Waals surface area contributed by atoms with Gasteiger partial charge >= 0.3 is 0 Å². The van der Waals surface area contributed by atoms with Gasteiger partial charge in [0.05, 0.1) is 16.1 Å². The van der Waals surface area contributed by atoms with Gasteiger partial charge in [-0.1, -0.05) is 25.1 Å². The number of rotatable bonds is 5. The van der Waals surface area contributed by atoms with Crippen molar-refractivity contribution in [2.75, 3.05) is 11.6 Å². The first-order chi connectivity index (χ1) is 12.1. The van der Waals surface area contributed by atoms with Gasteiger partial charge in [-0.15, -0.1) is 23.1 Å². The van der Waals surface area contributed by atoms with E-state index < -0.39 is 0 Å². The SMILES string of the molecule is CCc1cccc(NC(=O)c2c(C)nc(-c3cccs3)nc2SC)c1. The van der Waals surface area contributed by atoms with E-state index in [2.05, 4.69) is 22.2 Å². The minimum absolute atomic E-state index is 0.173. The number of aryl methyl sites for hydroxylation is 2. The van der Waals surface area contributed by atoms with Crippen molar-refractivity contribution in [3.05, 3.63) is 58.6 Å². The van der Waals surface area contributed by atoms with Gasteiger partial charge < -0.3 is 5.32 Å². The maximum atomic E-state index is 12.8. The van der Waals surface area contributed by atoms with E-state index in [0.717, 1.165) is 17.0 Å². The van der Waals surface area contributed by atoms with Gasteiger partial charge in [-0.2, -0.15) is 0 Å². The van der Waals surface area contributed by atoms with Gasteiger partial charge in [0.15, 0.2) is 5.82 Å². The molecular formula is C19H19N3OS2. The number of benzene rings is 1. The molecule has 0 unspecified atom stereocenters. The van der Waals surface area contributed by atoms with Gasteiger partial charge in [0, 0.05) is 5.69 Å². The zero-order valence-electron chi connectivity index (χ0n) is 14.4. The molecule has 1 aromatic carbocycles. The summed E-state index contributed by atoms with van der Waals surface area (Å²) < 4.78 is 0. The predicted molar refractivity (Wildman–Crippen MR) is 106 cm³/mol. The van der Waals surface area contributed by atoms with Gasteiger partial charge in [-0.25, -0.2) is 9.97 Å². The third kappa shape index (κ3) is 3.91. The zero-order valence-corrected chi connectivity index (χ0v) is 16.0. The fourth-order valence-corrected chi connectivity index (χ4v) is 3.81. The number of nitrogens with zero attached hydrogens (tertiary/aromatic N) is 2. The highest BCUT2D eigenvalue weighted by molar-refractivity contribution is 7.98. The van der Waals surface area contributed by atoms with E-state index in [1.165, 1.54) is 17.3 Å². The molecule has 128 valence electrons. The minimum Gasteiger partial charge on any atom is -0.322 e. The Bertz CT molecular complexity index is 892. The number of carbonyl (C=O) groups excluding carboxylic acids is 1. The van der Waals surface area contributed by atoms with Crippen LogP contribution in [0.25, 0.3) is 10.7 Å². The average molecular weight is 370 g/mol. The molecule has 1 N–H and O–H groups in total. The Kier molecular flexibility index (Phi) is 5.50. The first-order valence-electron chi connectivity index (χ1n) is 7.99. The fourth-order valence-electron chi connectivity index (χ4n) is 2.53. The smallest absolute Gasteiger partial charge is 0.260 e. The molecule has 0 atom stereocenters. The number of amides is 1. The lowest BCUT2D eigenvalue weighted by Crippen LogP contribution is -2.17. The highest BCUT2D eigenvalue weighted by Crippen LogP contribution is 2.28. The van der Waals surface area contributed by atoms with Crippen LogP contribution in [0.4, 0.5) is 5.69 Å².